The van der Waals surface area contributed by atoms with Crippen LogP contribution in [0, 0.1) is 27.7 Å². The summed E-state index contributed by atoms with van der Waals surface area (Å²) in [6.07, 6.45) is 5.20. The van der Waals surface area contributed by atoms with E-state index < -0.39 is 0 Å². The topological polar surface area (TPSA) is 30.7 Å². The van der Waals surface area contributed by atoms with Crippen LogP contribution in [0.2, 0.25) is 0 Å². The first-order valence-electron chi connectivity index (χ1n) is 9.76. The molecule has 1 aromatic carbocycles. The Kier molecular flexibility index (Phi) is 5.49. The number of rotatable bonds is 3. The highest BCUT2D eigenvalue weighted by molar-refractivity contribution is 6.07. The van der Waals surface area contributed by atoms with E-state index in [0.29, 0.717) is 6.04 Å². The minimum Gasteiger partial charge on any atom is -0.343 e. The first-order valence-corrected chi connectivity index (χ1v) is 9.76. The molecule has 3 heterocycles. The largest absolute Gasteiger partial charge is 0.343 e. The van der Waals surface area contributed by atoms with E-state index in [4.69, 9.17) is 9.97 Å². The van der Waals surface area contributed by atoms with Gasteiger partial charge in [0.15, 0.2) is 0 Å². The molecule has 0 amide bonds. The van der Waals surface area contributed by atoms with Gasteiger partial charge in [0, 0.05) is 35.1 Å². The third-order valence-electron chi connectivity index (χ3n) is 5.75. The Labute approximate surface area is 173 Å². The smallest absolute Gasteiger partial charge is 0.114 e. The molecular weight excluding hydrogens is 366 g/mol. The van der Waals surface area contributed by atoms with Gasteiger partial charge in [-0.2, -0.15) is 0 Å². The third-order valence-corrected chi connectivity index (χ3v) is 5.75. The zero-order chi connectivity index (χ0) is 19.3. The molecule has 0 N–H and O–H groups in total. The maximum Gasteiger partial charge on any atom is 0.114 e. The Morgan fingerprint density at radius 2 is 1.68 bits per heavy atom. The molecule has 146 valence electrons. The summed E-state index contributed by atoms with van der Waals surface area (Å²) in [7, 11) is 0. The number of pyridine rings is 2. The van der Waals surface area contributed by atoms with E-state index in [9.17, 15) is 0 Å². The minimum atomic E-state index is 0. The van der Waals surface area contributed by atoms with Crippen molar-refractivity contribution >= 4 is 34.3 Å². The van der Waals surface area contributed by atoms with Gasteiger partial charge in [-0.15, -0.1) is 12.4 Å². The molecule has 0 spiro atoms. The van der Waals surface area contributed by atoms with Gasteiger partial charge < -0.3 is 4.57 Å². The van der Waals surface area contributed by atoms with Crippen molar-refractivity contribution in [2.24, 2.45) is 0 Å². The standard InChI is InChI=1S/C24H27N3.ClH/c1-7-17(5)27-11-9-19-18(6)26-22-20(8-10-25-23(22)24(19)27)21-15(3)12-14(2)13-16(21)4;/h8-13,17H,7H2,1-6H3;1H. The second-order valence-electron chi connectivity index (χ2n) is 7.77. The molecule has 1 atom stereocenters. The Balaban J connectivity index is 0.00000225. The summed E-state index contributed by atoms with van der Waals surface area (Å²) in [6, 6.07) is 9.23. The van der Waals surface area contributed by atoms with E-state index >= 15 is 0 Å². The molecule has 4 heteroatoms. The summed E-state index contributed by atoms with van der Waals surface area (Å²) in [5.74, 6) is 0. The molecule has 0 bridgehead atoms. The number of aryl methyl sites for hydroxylation is 4. The van der Waals surface area contributed by atoms with E-state index in [0.717, 1.165) is 23.1 Å². The van der Waals surface area contributed by atoms with Gasteiger partial charge in [-0.3, -0.25) is 9.97 Å². The number of fused-ring (bicyclic) bond motifs is 3. The van der Waals surface area contributed by atoms with Gasteiger partial charge in [0.1, 0.15) is 5.52 Å². The molecule has 0 radical (unpaired) electrons. The lowest BCUT2D eigenvalue weighted by Crippen LogP contribution is -2.04. The zero-order valence-corrected chi connectivity index (χ0v) is 18.3. The number of aromatic nitrogens is 3. The van der Waals surface area contributed by atoms with Gasteiger partial charge in [-0.05, 0) is 69.9 Å². The van der Waals surface area contributed by atoms with Crippen LogP contribution in [0.4, 0.5) is 0 Å². The van der Waals surface area contributed by atoms with Crippen molar-refractivity contribution in [1.29, 1.82) is 0 Å². The van der Waals surface area contributed by atoms with Crippen molar-refractivity contribution in [2.75, 3.05) is 0 Å². The van der Waals surface area contributed by atoms with Crippen LogP contribution in [0.3, 0.4) is 0 Å². The lowest BCUT2D eigenvalue weighted by atomic mass is 9.93. The monoisotopic (exact) mass is 393 g/mol. The van der Waals surface area contributed by atoms with Gasteiger partial charge in [-0.1, -0.05) is 24.6 Å². The summed E-state index contributed by atoms with van der Waals surface area (Å²) >= 11 is 0. The molecule has 0 saturated carbocycles. The Bertz CT molecular complexity index is 1150. The molecule has 28 heavy (non-hydrogen) atoms. The van der Waals surface area contributed by atoms with Gasteiger partial charge in [0.05, 0.1) is 11.0 Å². The molecule has 0 aliphatic heterocycles. The third kappa shape index (κ3) is 3.08. The van der Waals surface area contributed by atoms with Crippen LogP contribution in [-0.2, 0) is 0 Å². The Morgan fingerprint density at radius 1 is 1.00 bits per heavy atom. The molecule has 0 aliphatic carbocycles. The normalized spacial score (nSPS) is 12.4. The summed E-state index contributed by atoms with van der Waals surface area (Å²) < 4.78 is 2.36. The van der Waals surface area contributed by atoms with Crippen LogP contribution in [0.25, 0.3) is 33.1 Å². The molecule has 0 saturated heterocycles. The van der Waals surface area contributed by atoms with Gasteiger partial charge in [0.25, 0.3) is 0 Å². The zero-order valence-electron chi connectivity index (χ0n) is 17.5. The van der Waals surface area contributed by atoms with E-state index in [1.54, 1.807) is 0 Å². The number of halogens is 1. The van der Waals surface area contributed by atoms with Crippen molar-refractivity contribution in [3.05, 3.63) is 59.0 Å². The van der Waals surface area contributed by atoms with Crippen molar-refractivity contribution < 1.29 is 0 Å². The number of hydrogen-bond donors (Lipinski definition) is 0. The fourth-order valence-electron chi connectivity index (χ4n) is 4.33. The minimum absolute atomic E-state index is 0. The van der Waals surface area contributed by atoms with E-state index in [1.165, 1.54) is 38.7 Å². The summed E-state index contributed by atoms with van der Waals surface area (Å²) in [4.78, 5) is 9.79. The van der Waals surface area contributed by atoms with Gasteiger partial charge in [-0.25, -0.2) is 0 Å². The molecule has 0 aliphatic rings. The SMILES string of the molecule is CCC(C)n1ccc2c(C)nc3c(-c4c(C)cc(C)cc4C)ccnc3c21.Cl. The van der Waals surface area contributed by atoms with Crippen molar-refractivity contribution in [3.63, 3.8) is 0 Å². The first kappa shape index (κ1) is 20.3. The van der Waals surface area contributed by atoms with Crippen LogP contribution in [-0.4, -0.2) is 14.5 Å². The fraction of sp³-hybridized carbons (Fsp3) is 0.333. The van der Waals surface area contributed by atoms with E-state index in [1.807, 2.05) is 6.20 Å². The van der Waals surface area contributed by atoms with Gasteiger partial charge in [0.2, 0.25) is 0 Å². The Morgan fingerprint density at radius 3 is 2.32 bits per heavy atom. The van der Waals surface area contributed by atoms with Crippen LogP contribution in [0.5, 0.6) is 0 Å². The number of benzene rings is 1. The highest BCUT2D eigenvalue weighted by Crippen LogP contribution is 2.36. The second-order valence-corrected chi connectivity index (χ2v) is 7.77. The highest BCUT2D eigenvalue weighted by atomic mass is 35.5. The summed E-state index contributed by atoms with van der Waals surface area (Å²) in [5, 5.41) is 1.20. The highest BCUT2D eigenvalue weighted by Gasteiger charge is 2.18. The molecular formula is C24H28ClN3. The van der Waals surface area contributed by atoms with Crippen molar-refractivity contribution in [1.82, 2.24) is 14.5 Å². The maximum absolute atomic E-state index is 5.01. The quantitative estimate of drug-likeness (QED) is 0.380. The predicted octanol–water partition coefficient (Wildman–Crippen LogP) is 6.88. The predicted molar refractivity (Wildman–Crippen MR) is 122 cm³/mol. The lowest BCUT2D eigenvalue weighted by Gasteiger charge is -2.17. The number of nitrogens with zero attached hydrogens (tertiary/aromatic N) is 3. The molecule has 1 unspecified atom stereocenters. The number of hydrogen-bond acceptors (Lipinski definition) is 2. The maximum atomic E-state index is 5.01. The van der Waals surface area contributed by atoms with Crippen molar-refractivity contribution in [2.45, 2.75) is 54.0 Å². The van der Waals surface area contributed by atoms with Gasteiger partial charge >= 0.3 is 0 Å². The fourth-order valence-corrected chi connectivity index (χ4v) is 4.33. The van der Waals surface area contributed by atoms with Crippen LogP contribution < -0.4 is 0 Å². The van der Waals surface area contributed by atoms with Crippen molar-refractivity contribution in [3.8, 4) is 11.1 Å². The Hall–Kier alpha value is -2.39. The van der Waals surface area contributed by atoms with E-state index in [2.05, 4.69) is 76.6 Å². The van der Waals surface area contributed by atoms with Crippen LogP contribution in [0.1, 0.15) is 48.7 Å². The van der Waals surface area contributed by atoms with Crippen LogP contribution >= 0.6 is 12.4 Å². The lowest BCUT2D eigenvalue weighted by molar-refractivity contribution is 0.549. The first-order chi connectivity index (χ1) is 12.9. The molecule has 3 aromatic heterocycles. The molecule has 3 nitrogen and oxygen atoms in total. The average molecular weight is 394 g/mol. The molecule has 0 fully saturated rings. The summed E-state index contributed by atoms with van der Waals surface area (Å²) in [5.41, 5.74) is 10.6. The molecule has 4 aromatic rings. The summed E-state index contributed by atoms with van der Waals surface area (Å²) in [6.45, 7) is 13.1. The molecule has 4 rings (SSSR count). The van der Waals surface area contributed by atoms with E-state index in [-0.39, 0.29) is 12.4 Å². The van der Waals surface area contributed by atoms with Crippen LogP contribution in [0.15, 0.2) is 36.7 Å². The average Bonchev–Trinajstić information content (AvgIpc) is 3.07. The second kappa shape index (κ2) is 7.56.